The lowest BCUT2D eigenvalue weighted by Crippen LogP contribution is -2.48. The molecule has 0 spiro atoms. The Morgan fingerprint density at radius 1 is 1.50 bits per heavy atom. The molecule has 2 unspecified atom stereocenters. The van der Waals surface area contributed by atoms with Crippen LogP contribution in [0.3, 0.4) is 0 Å². The average molecular weight is 251 g/mol. The van der Waals surface area contributed by atoms with E-state index in [0.29, 0.717) is 11.5 Å². The highest BCUT2D eigenvalue weighted by molar-refractivity contribution is 5.80. The molecule has 1 N–H and O–H groups in total. The first-order valence-corrected chi connectivity index (χ1v) is 7.30. The van der Waals surface area contributed by atoms with Gasteiger partial charge in [-0.1, -0.05) is 6.92 Å². The Labute approximate surface area is 110 Å². The topological polar surface area (TPSA) is 36.9 Å². The molecule has 4 nitrogen and oxygen atoms in total. The number of nitrogens with zero attached hydrogens (tertiary/aromatic N) is 2. The highest BCUT2D eigenvalue weighted by atomic mass is 16.5. The zero-order chi connectivity index (χ0) is 12.6. The molecule has 1 aliphatic carbocycles. The van der Waals surface area contributed by atoms with Crippen LogP contribution in [0.15, 0.2) is 4.99 Å². The van der Waals surface area contributed by atoms with Crippen LogP contribution in [0.5, 0.6) is 0 Å². The standard InChI is InChI=1S/C14H25N3O/c1-14(6-9-18-12(14)11-4-5-11)10-16-13-15-7-3-8-17(13)2/h11-12H,3-10H2,1-2H3,(H,15,16). The Balaban J connectivity index is 1.59. The van der Waals surface area contributed by atoms with Crippen LogP contribution >= 0.6 is 0 Å². The summed E-state index contributed by atoms with van der Waals surface area (Å²) in [5.74, 6) is 1.90. The van der Waals surface area contributed by atoms with E-state index in [2.05, 4.69) is 29.2 Å². The van der Waals surface area contributed by atoms with E-state index in [-0.39, 0.29) is 0 Å². The fourth-order valence-electron chi connectivity index (χ4n) is 3.25. The summed E-state index contributed by atoms with van der Waals surface area (Å²) in [6, 6.07) is 0. The number of aliphatic imine (C=N–C) groups is 1. The van der Waals surface area contributed by atoms with E-state index in [9.17, 15) is 0 Å². The van der Waals surface area contributed by atoms with Gasteiger partial charge in [0.25, 0.3) is 0 Å². The minimum absolute atomic E-state index is 0.294. The van der Waals surface area contributed by atoms with E-state index in [1.165, 1.54) is 25.7 Å². The summed E-state index contributed by atoms with van der Waals surface area (Å²) in [6.45, 7) is 6.38. The molecule has 2 heterocycles. The third kappa shape index (κ3) is 2.35. The number of hydrogen-bond acceptors (Lipinski definition) is 4. The van der Waals surface area contributed by atoms with Crippen molar-refractivity contribution in [3.8, 4) is 0 Å². The van der Waals surface area contributed by atoms with Crippen molar-refractivity contribution in [2.24, 2.45) is 16.3 Å². The molecule has 2 fully saturated rings. The van der Waals surface area contributed by atoms with Crippen LogP contribution in [0.1, 0.15) is 32.6 Å². The number of rotatable bonds is 3. The van der Waals surface area contributed by atoms with Gasteiger partial charge in [0.2, 0.25) is 0 Å². The Bertz CT molecular complexity index is 340. The van der Waals surface area contributed by atoms with Crippen molar-refractivity contribution in [3.63, 3.8) is 0 Å². The van der Waals surface area contributed by atoms with Crippen molar-refractivity contribution in [2.75, 3.05) is 33.3 Å². The van der Waals surface area contributed by atoms with Crippen molar-refractivity contribution < 1.29 is 4.74 Å². The second kappa shape index (κ2) is 4.72. The normalized spacial score (nSPS) is 36.7. The minimum atomic E-state index is 0.294. The third-order valence-electron chi connectivity index (χ3n) is 4.63. The van der Waals surface area contributed by atoms with Gasteiger partial charge in [-0.3, -0.25) is 4.99 Å². The number of ether oxygens (including phenoxy) is 1. The summed E-state index contributed by atoms with van der Waals surface area (Å²) in [7, 11) is 2.12. The Hall–Kier alpha value is -0.770. The molecular formula is C14H25N3O. The molecule has 0 bridgehead atoms. The smallest absolute Gasteiger partial charge is 0.193 e. The van der Waals surface area contributed by atoms with Crippen molar-refractivity contribution in [3.05, 3.63) is 0 Å². The van der Waals surface area contributed by atoms with Gasteiger partial charge >= 0.3 is 0 Å². The summed E-state index contributed by atoms with van der Waals surface area (Å²) < 4.78 is 5.97. The molecule has 3 aliphatic rings. The largest absolute Gasteiger partial charge is 0.377 e. The molecular weight excluding hydrogens is 226 g/mol. The minimum Gasteiger partial charge on any atom is -0.377 e. The first kappa shape index (κ1) is 12.3. The Kier molecular flexibility index (Phi) is 3.22. The molecule has 2 aliphatic heterocycles. The highest BCUT2D eigenvalue weighted by Crippen LogP contribution is 2.47. The van der Waals surface area contributed by atoms with E-state index < -0.39 is 0 Å². The highest BCUT2D eigenvalue weighted by Gasteiger charge is 2.48. The second-order valence-electron chi connectivity index (χ2n) is 6.37. The van der Waals surface area contributed by atoms with E-state index in [0.717, 1.165) is 38.1 Å². The molecule has 1 saturated carbocycles. The fourth-order valence-corrected chi connectivity index (χ4v) is 3.25. The lowest BCUT2D eigenvalue weighted by molar-refractivity contribution is 0.0402. The summed E-state index contributed by atoms with van der Waals surface area (Å²) in [5, 5.41) is 3.56. The van der Waals surface area contributed by atoms with E-state index in [4.69, 9.17) is 4.74 Å². The van der Waals surface area contributed by atoms with E-state index >= 15 is 0 Å². The van der Waals surface area contributed by atoms with Crippen LogP contribution in [0.2, 0.25) is 0 Å². The molecule has 0 aromatic rings. The average Bonchev–Trinajstić information content (AvgIpc) is 3.12. The summed E-state index contributed by atoms with van der Waals surface area (Å²) >= 11 is 0. The molecule has 3 rings (SSSR count). The molecule has 102 valence electrons. The quantitative estimate of drug-likeness (QED) is 0.825. The first-order chi connectivity index (χ1) is 8.69. The molecule has 0 aromatic carbocycles. The van der Waals surface area contributed by atoms with Gasteiger partial charge in [-0.15, -0.1) is 0 Å². The Morgan fingerprint density at radius 2 is 2.33 bits per heavy atom. The van der Waals surface area contributed by atoms with Gasteiger partial charge in [-0.2, -0.15) is 0 Å². The van der Waals surface area contributed by atoms with Crippen molar-refractivity contribution in [2.45, 2.75) is 38.7 Å². The van der Waals surface area contributed by atoms with Crippen molar-refractivity contribution >= 4 is 5.96 Å². The summed E-state index contributed by atoms with van der Waals surface area (Å²) in [5.41, 5.74) is 0.294. The molecule has 1 saturated heterocycles. The monoisotopic (exact) mass is 251 g/mol. The summed E-state index contributed by atoms with van der Waals surface area (Å²) in [6.07, 6.45) is 5.55. The number of nitrogens with one attached hydrogen (secondary N) is 1. The van der Waals surface area contributed by atoms with Crippen LogP contribution in [0, 0.1) is 11.3 Å². The molecule has 0 amide bonds. The predicted molar refractivity (Wildman–Crippen MR) is 72.7 cm³/mol. The first-order valence-electron chi connectivity index (χ1n) is 7.30. The predicted octanol–water partition coefficient (Wildman–Crippen LogP) is 1.47. The maximum absolute atomic E-state index is 5.97. The van der Waals surface area contributed by atoms with Gasteiger partial charge in [0.1, 0.15) is 0 Å². The summed E-state index contributed by atoms with van der Waals surface area (Å²) in [4.78, 5) is 6.81. The second-order valence-corrected chi connectivity index (χ2v) is 6.37. The van der Waals surface area contributed by atoms with Crippen LogP contribution in [0.25, 0.3) is 0 Å². The number of guanidine groups is 1. The zero-order valence-corrected chi connectivity index (χ0v) is 11.6. The van der Waals surface area contributed by atoms with Crippen LogP contribution in [-0.4, -0.2) is 50.3 Å². The van der Waals surface area contributed by atoms with Crippen LogP contribution in [0.4, 0.5) is 0 Å². The maximum Gasteiger partial charge on any atom is 0.193 e. The third-order valence-corrected chi connectivity index (χ3v) is 4.63. The lowest BCUT2D eigenvalue weighted by Gasteiger charge is -2.33. The number of hydrogen-bond donors (Lipinski definition) is 1. The van der Waals surface area contributed by atoms with E-state index in [1.807, 2.05) is 0 Å². The maximum atomic E-state index is 5.97. The molecule has 18 heavy (non-hydrogen) atoms. The van der Waals surface area contributed by atoms with Crippen molar-refractivity contribution in [1.29, 1.82) is 0 Å². The Morgan fingerprint density at radius 3 is 3.06 bits per heavy atom. The van der Waals surface area contributed by atoms with Crippen LogP contribution < -0.4 is 5.32 Å². The van der Waals surface area contributed by atoms with Gasteiger partial charge in [0.15, 0.2) is 5.96 Å². The van der Waals surface area contributed by atoms with Gasteiger partial charge in [-0.05, 0) is 31.6 Å². The molecule has 2 atom stereocenters. The lowest BCUT2D eigenvalue weighted by atomic mass is 9.81. The molecule has 4 heteroatoms. The fraction of sp³-hybridized carbons (Fsp3) is 0.929. The van der Waals surface area contributed by atoms with E-state index in [1.54, 1.807) is 0 Å². The SMILES string of the molecule is CN1CCCN=C1NCC1(C)CCOC1C1CC1. The molecule has 0 radical (unpaired) electrons. The van der Waals surface area contributed by atoms with Gasteiger partial charge in [-0.25, -0.2) is 0 Å². The van der Waals surface area contributed by atoms with Gasteiger partial charge in [0.05, 0.1) is 6.10 Å². The van der Waals surface area contributed by atoms with Gasteiger partial charge < -0.3 is 15.0 Å². The molecule has 0 aromatic heterocycles. The zero-order valence-electron chi connectivity index (χ0n) is 11.6. The van der Waals surface area contributed by atoms with Crippen LogP contribution in [-0.2, 0) is 4.74 Å². The van der Waals surface area contributed by atoms with Gasteiger partial charge in [0, 0.05) is 38.7 Å². The van der Waals surface area contributed by atoms with Crippen molar-refractivity contribution in [1.82, 2.24) is 10.2 Å².